The van der Waals surface area contributed by atoms with E-state index in [1.807, 2.05) is 0 Å². The molecular weight excluding hydrogens is 267 g/mol. The SMILES string of the molecule is Cc1ccccc1C(=O)/N=C/c1c(F)cc(F)cc1F. The van der Waals surface area contributed by atoms with E-state index in [0.717, 1.165) is 6.21 Å². The number of aliphatic imine (C=N–C) groups is 1. The van der Waals surface area contributed by atoms with Crippen LogP contribution in [0.4, 0.5) is 13.2 Å². The fraction of sp³-hybridized carbons (Fsp3) is 0.0667. The van der Waals surface area contributed by atoms with Crippen molar-refractivity contribution >= 4 is 12.1 Å². The molecular formula is C15H10F3NO. The molecule has 0 atom stereocenters. The number of amides is 1. The van der Waals surface area contributed by atoms with Crippen molar-refractivity contribution < 1.29 is 18.0 Å². The van der Waals surface area contributed by atoms with Gasteiger partial charge in [-0.2, -0.15) is 0 Å². The Hall–Kier alpha value is -2.43. The number of hydrogen-bond acceptors (Lipinski definition) is 1. The zero-order valence-corrected chi connectivity index (χ0v) is 10.5. The van der Waals surface area contributed by atoms with Gasteiger partial charge in [-0.15, -0.1) is 0 Å². The fourth-order valence-corrected chi connectivity index (χ4v) is 1.68. The third kappa shape index (κ3) is 2.93. The van der Waals surface area contributed by atoms with Gasteiger partial charge in [0.05, 0.1) is 5.56 Å². The van der Waals surface area contributed by atoms with Gasteiger partial charge in [0.2, 0.25) is 0 Å². The van der Waals surface area contributed by atoms with Gasteiger partial charge in [0.15, 0.2) is 0 Å². The summed E-state index contributed by atoms with van der Waals surface area (Å²) in [4.78, 5) is 15.3. The predicted octanol–water partition coefficient (Wildman–Crippen LogP) is 3.67. The van der Waals surface area contributed by atoms with Crippen LogP contribution < -0.4 is 0 Å². The molecule has 0 aliphatic carbocycles. The third-order valence-corrected chi connectivity index (χ3v) is 2.73. The Labute approximate surface area is 113 Å². The minimum absolute atomic E-state index is 0.340. The molecule has 0 heterocycles. The maximum Gasteiger partial charge on any atom is 0.277 e. The number of benzene rings is 2. The van der Waals surface area contributed by atoms with Crippen molar-refractivity contribution in [1.29, 1.82) is 0 Å². The molecule has 20 heavy (non-hydrogen) atoms. The summed E-state index contributed by atoms with van der Waals surface area (Å²) in [5.74, 6) is -3.86. The highest BCUT2D eigenvalue weighted by molar-refractivity contribution is 6.02. The lowest BCUT2D eigenvalue weighted by Gasteiger charge is -2.01. The minimum atomic E-state index is -1.11. The first kappa shape index (κ1) is 14.0. The highest BCUT2D eigenvalue weighted by Crippen LogP contribution is 2.13. The Kier molecular flexibility index (Phi) is 3.98. The molecule has 0 saturated heterocycles. The molecule has 2 rings (SSSR count). The second kappa shape index (κ2) is 5.69. The van der Waals surface area contributed by atoms with Gasteiger partial charge < -0.3 is 0 Å². The van der Waals surface area contributed by atoms with Crippen molar-refractivity contribution in [3.63, 3.8) is 0 Å². The summed E-state index contributed by atoms with van der Waals surface area (Å²) in [5.41, 5.74) is 0.495. The van der Waals surface area contributed by atoms with Crippen molar-refractivity contribution in [3.8, 4) is 0 Å². The summed E-state index contributed by atoms with van der Waals surface area (Å²) in [6.45, 7) is 1.72. The van der Waals surface area contributed by atoms with Gasteiger partial charge in [-0.1, -0.05) is 18.2 Å². The molecule has 0 fully saturated rings. The summed E-state index contributed by atoms with van der Waals surface area (Å²) >= 11 is 0. The molecule has 2 nitrogen and oxygen atoms in total. The first-order chi connectivity index (χ1) is 9.49. The smallest absolute Gasteiger partial charge is 0.267 e. The van der Waals surface area contributed by atoms with Gasteiger partial charge >= 0.3 is 0 Å². The van der Waals surface area contributed by atoms with Gasteiger partial charge in [-0.05, 0) is 18.6 Å². The van der Waals surface area contributed by atoms with Crippen molar-refractivity contribution in [2.75, 3.05) is 0 Å². The van der Waals surface area contributed by atoms with E-state index in [1.165, 1.54) is 0 Å². The Morgan fingerprint density at radius 3 is 2.30 bits per heavy atom. The van der Waals surface area contributed by atoms with Crippen LogP contribution in [0.25, 0.3) is 0 Å². The average molecular weight is 277 g/mol. The zero-order valence-electron chi connectivity index (χ0n) is 10.5. The van der Waals surface area contributed by atoms with Gasteiger partial charge in [-0.25, -0.2) is 18.2 Å². The number of carbonyl (C=O) groups is 1. The van der Waals surface area contributed by atoms with Gasteiger partial charge in [0, 0.05) is 23.9 Å². The monoisotopic (exact) mass is 277 g/mol. The Morgan fingerprint density at radius 1 is 1.10 bits per heavy atom. The second-order valence-corrected chi connectivity index (χ2v) is 4.16. The number of carbonyl (C=O) groups excluding carboxylic acids is 1. The lowest BCUT2D eigenvalue weighted by Crippen LogP contribution is -2.01. The van der Waals surface area contributed by atoms with E-state index in [9.17, 15) is 18.0 Å². The van der Waals surface area contributed by atoms with Crippen LogP contribution >= 0.6 is 0 Å². The highest BCUT2D eigenvalue weighted by Gasteiger charge is 2.11. The lowest BCUT2D eigenvalue weighted by molar-refractivity contribution is 0.100. The van der Waals surface area contributed by atoms with Crippen LogP contribution in [0, 0.1) is 24.4 Å². The second-order valence-electron chi connectivity index (χ2n) is 4.16. The molecule has 0 N–H and O–H groups in total. The first-order valence-electron chi connectivity index (χ1n) is 5.77. The molecule has 0 bridgehead atoms. The van der Waals surface area contributed by atoms with Crippen LogP contribution in [-0.2, 0) is 0 Å². The summed E-state index contributed by atoms with van der Waals surface area (Å²) in [6, 6.07) is 7.77. The summed E-state index contributed by atoms with van der Waals surface area (Å²) in [7, 11) is 0. The summed E-state index contributed by atoms with van der Waals surface area (Å²) < 4.78 is 39.5. The topological polar surface area (TPSA) is 29.4 Å². The number of halogens is 3. The first-order valence-corrected chi connectivity index (χ1v) is 5.77. The molecule has 1 amide bonds. The molecule has 0 spiro atoms. The van der Waals surface area contributed by atoms with E-state index in [4.69, 9.17) is 0 Å². The standard InChI is InChI=1S/C15H10F3NO/c1-9-4-2-3-5-11(9)15(20)19-8-12-13(17)6-10(16)7-14(12)18/h2-8H,1H3/b19-8+. The number of aryl methyl sites for hydroxylation is 1. The van der Waals surface area contributed by atoms with E-state index >= 15 is 0 Å². The molecule has 0 unspecified atom stereocenters. The van der Waals surface area contributed by atoms with Crippen LogP contribution in [0.3, 0.4) is 0 Å². The van der Waals surface area contributed by atoms with Crippen LogP contribution in [0.15, 0.2) is 41.4 Å². The molecule has 2 aromatic rings. The van der Waals surface area contributed by atoms with Gasteiger partial charge in [0.1, 0.15) is 17.5 Å². The molecule has 0 aliphatic heterocycles. The Bertz CT molecular complexity index is 672. The number of nitrogens with zero attached hydrogens (tertiary/aromatic N) is 1. The third-order valence-electron chi connectivity index (χ3n) is 2.73. The van der Waals surface area contributed by atoms with E-state index in [-0.39, 0.29) is 0 Å². The molecule has 102 valence electrons. The van der Waals surface area contributed by atoms with Crippen LogP contribution in [0.1, 0.15) is 21.5 Å². The maximum absolute atomic E-state index is 13.4. The number of hydrogen-bond donors (Lipinski definition) is 0. The Balaban J connectivity index is 2.31. The van der Waals surface area contributed by atoms with Crippen LogP contribution in [0.2, 0.25) is 0 Å². The normalized spacial score (nSPS) is 11.0. The largest absolute Gasteiger partial charge is 0.277 e. The van der Waals surface area contributed by atoms with E-state index in [0.29, 0.717) is 23.3 Å². The van der Waals surface area contributed by atoms with Crippen molar-refractivity contribution in [3.05, 3.63) is 70.5 Å². The minimum Gasteiger partial charge on any atom is -0.267 e. The average Bonchev–Trinajstić information content (AvgIpc) is 2.37. The van der Waals surface area contributed by atoms with E-state index in [2.05, 4.69) is 4.99 Å². The van der Waals surface area contributed by atoms with Gasteiger partial charge in [-0.3, -0.25) is 4.79 Å². The summed E-state index contributed by atoms with van der Waals surface area (Å²) in [5, 5.41) is 0. The Morgan fingerprint density at radius 2 is 1.70 bits per heavy atom. The van der Waals surface area contributed by atoms with Crippen LogP contribution in [-0.4, -0.2) is 12.1 Å². The lowest BCUT2D eigenvalue weighted by atomic mass is 10.1. The van der Waals surface area contributed by atoms with Gasteiger partial charge in [0.25, 0.3) is 5.91 Å². The molecule has 0 aliphatic rings. The molecule has 2 aromatic carbocycles. The van der Waals surface area contributed by atoms with Crippen molar-refractivity contribution in [2.45, 2.75) is 6.92 Å². The van der Waals surface area contributed by atoms with Crippen LogP contribution in [0.5, 0.6) is 0 Å². The van der Waals surface area contributed by atoms with E-state index in [1.54, 1.807) is 31.2 Å². The zero-order chi connectivity index (χ0) is 14.7. The van der Waals surface area contributed by atoms with Crippen molar-refractivity contribution in [1.82, 2.24) is 0 Å². The number of rotatable bonds is 2. The van der Waals surface area contributed by atoms with E-state index < -0.39 is 28.9 Å². The maximum atomic E-state index is 13.4. The fourth-order valence-electron chi connectivity index (χ4n) is 1.68. The predicted molar refractivity (Wildman–Crippen MR) is 69.4 cm³/mol. The molecule has 0 radical (unpaired) electrons. The molecule has 0 saturated carbocycles. The van der Waals surface area contributed by atoms with Crippen molar-refractivity contribution in [2.24, 2.45) is 4.99 Å². The molecule has 0 aromatic heterocycles. The molecule has 5 heteroatoms. The quantitative estimate of drug-likeness (QED) is 0.770. The summed E-state index contributed by atoms with van der Waals surface area (Å²) in [6.07, 6.45) is 0.763. The highest BCUT2D eigenvalue weighted by atomic mass is 19.1.